The number of aryl methyl sites for hydroxylation is 1. The molecule has 3 heteroatoms. The third-order valence-corrected chi connectivity index (χ3v) is 3.46. The maximum atomic E-state index is 12.2. The second kappa shape index (κ2) is 5.60. The highest BCUT2D eigenvalue weighted by atomic mass is 16.1. The predicted molar refractivity (Wildman–Crippen MR) is 88.7 cm³/mol. The molecule has 0 fully saturated rings. The Morgan fingerprint density at radius 1 is 1.05 bits per heavy atom. The molecule has 0 bridgehead atoms. The van der Waals surface area contributed by atoms with E-state index in [0.717, 1.165) is 11.3 Å². The number of amides is 1. The van der Waals surface area contributed by atoms with Crippen LogP contribution < -0.4 is 11.1 Å². The van der Waals surface area contributed by atoms with Crippen molar-refractivity contribution in [3.8, 4) is 0 Å². The molecule has 0 radical (unpaired) electrons. The second-order valence-electron chi connectivity index (χ2n) is 6.37. The zero-order valence-corrected chi connectivity index (χ0v) is 13.0. The molecule has 2 aromatic carbocycles. The molecule has 110 valence electrons. The van der Waals surface area contributed by atoms with E-state index in [1.807, 2.05) is 37.3 Å². The highest BCUT2D eigenvalue weighted by Gasteiger charge is 2.14. The number of hydrogen-bond acceptors (Lipinski definition) is 2. The predicted octanol–water partition coefficient (Wildman–Crippen LogP) is 4.13. The first kappa shape index (κ1) is 15.1. The van der Waals surface area contributed by atoms with Gasteiger partial charge in [0.25, 0.3) is 5.91 Å². The lowest BCUT2D eigenvalue weighted by Crippen LogP contribution is -2.15. The Hall–Kier alpha value is -2.29. The topological polar surface area (TPSA) is 55.1 Å². The van der Waals surface area contributed by atoms with Gasteiger partial charge < -0.3 is 11.1 Å². The molecule has 0 aliphatic heterocycles. The molecule has 0 heterocycles. The standard InChI is InChI=1S/C18H22N2O/c1-12-5-10-15(16(19)11-12)17(21)20-14-8-6-13(7-9-14)18(2,3)4/h5-11H,19H2,1-4H3,(H,20,21). The lowest BCUT2D eigenvalue weighted by atomic mass is 9.87. The van der Waals surface area contributed by atoms with Crippen LogP contribution in [0.15, 0.2) is 42.5 Å². The molecule has 3 nitrogen and oxygen atoms in total. The zero-order chi connectivity index (χ0) is 15.6. The molecule has 0 atom stereocenters. The van der Waals surface area contributed by atoms with Gasteiger partial charge in [0, 0.05) is 11.4 Å². The number of carbonyl (C=O) groups excluding carboxylic acids is 1. The maximum absolute atomic E-state index is 12.2. The van der Waals surface area contributed by atoms with Crippen molar-refractivity contribution in [3.05, 3.63) is 59.2 Å². The fourth-order valence-electron chi connectivity index (χ4n) is 2.14. The summed E-state index contributed by atoms with van der Waals surface area (Å²) < 4.78 is 0. The van der Waals surface area contributed by atoms with Gasteiger partial charge in [-0.3, -0.25) is 4.79 Å². The van der Waals surface area contributed by atoms with Crippen LogP contribution in [-0.4, -0.2) is 5.91 Å². The molecular formula is C18H22N2O. The van der Waals surface area contributed by atoms with Crippen molar-refractivity contribution in [2.24, 2.45) is 0 Å². The molecule has 1 amide bonds. The lowest BCUT2D eigenvalue weighted by Gasteiger charge is -2.19. The quantitative estimate of drug-likeness (QED) is 0.814. The molecule has 3 N–H and O–H groups in total. The number of rotatable bonds is 2. The van der Waals surface area contributed by atoms with Crippen LogP contribution in [0, 0.1) is 6.92 Å². The third-order valence-electron chi connectivity index (χ3n) is 3.46. The summed E-state index contributed by atoms with van der Waals surface area (Å²) in [5.74, 6) is -0.184. The normalized spacial score (nSPS) is 11.2. The highest BCUT2D eigenvalue weighted by Crippen LogP contribution is 2.24. The van der Waals surface area contributed by atoms with Gasteiger partial charge in [0.05, 0.1) is 5.56 Å². The van der Waals surface area contributed by atoms with Crippen molar-refractivity contribution in [2.75, 3.05) is 11.1 Å². The summed E-state index contributed by atoms with van der Waals surface area (Å²) in [6.07, 6.45) is 0. The summed E-state index contributed by atoms with van der Waals surface area (Å²) in [5.41, 5.74) is 10.0. The Kier molecular flexibility index (Phi) is 4.03. The Labute approximate surface area is 126 Å². The number of benzene rings is 2. The van der Waals surface area contributed by atoms with Crippen molar-refractivity contribution >= 4 is 17.3 Å². The second-order valence-corrected chi connectivity index (χ2v) is 6.37. The molecule has 21 heavy (non-hydrogen) atoms. The van der Waals surface area contributed by atoms with Gasteiger partial charge in [0.2, 0.25) is 0 Å². The largest absolute Gasteiger partial charge is 0.398 e. The van der Waals surface area contributed by atoms with E-state index in [4.69, 9.17) is 5.73 Å². The van der Waals surface area contributed by atoms with E-state index in [1.54, 1.807) is 12.1 Å². The number of carbonyl (C=O) groups is 1. The Balaban J connectivity index is 2.16. The molecule has 2 rings (SSSR count). The lowest BCUT2D eigenvalue weighted by molar-refractivity contribution is 0.102. The van der Waals surface area contributed by atoms with Crippen LogP contribution in [0.5, 0.6) is 0 Å². The van der Waals surface area contributed by atoms with E-state index in [2.05, 4.69) is 26.1 Å². The van der Waals surface area contributed by atoms with Gasteiger partial charge in [-0.1, -0.05) is 39.0 Å². The Morgan fingerprint density at radius 3 is 2.19 bits per heavy atom. The fourth-order valence-corrected chi connectivity index (χ4v) is 2.14. The van der Waals surface area contributed by atoms with Crippen molar-refractivity contribution < 1.29 is 4.79 Å². The Bertz CT molecular complexity index is 652. The van der Waals surface area contributed by atoms with E-state index >= 15 is 0 Å². The maximum Gasteiger partial charge on any atom is 0.257 e. The first-order chi connectivity index (χ1) is 9.77. The minimum atomic E-state index is -0.184. The number of hydrogen-bond donors (Lipinski definition) is 2. The minimum absolute atomic E-state index is 0.101. The smallest absolute Gasteiger partial charge is 0.257 e. The van der Waals surface area contributed by atoms with Gasteiger partial charge >= 0.3 is 0 Å². The summed E-state index contributed by atoms with van der Waals surface area (Å²) in [5, 5.41) is 2.88. The van der Waals surface area contributed by atoms with Crippen molar-refractivity contribution in [2.45, 2.75) is 33.1 Å². The van der Waals surface area contributed by atoms with Crippen molar-refractivity contribution in [1.82, 2.24) is 0 Å². The Morgan fingerprint density at radius 2 is 1.67 bits per heavy atom. The van der Waals surface area contributed by atoms with E-state index in [1.165, 1.54) is 5.56 Å². The van der Waals surface area contributed by atoms with Gasteiger partial charge in [-0.05, 0) is 47.7 Å². The molecule has 0 aliphatic carbocycles. The van der Waals surface area contributed by atoms with Crippen molar-refractivity contribution in [1.29, 1.82) is 0 Å². The average Bonchev–Trinajstić information content (AvgIpc) is 2.38. The average molecular weight is 282 g/mol. The van der Waals surface area contributed by atoms with Crippen LogP contribution in [0.2, 0.25) is 0 Å². The number of nitrogen functional groups attached to an aromatic ring is 1. The van der Waals surface area contributed by atoms with Crippen LogP contribution in [-0.2, 0) is 5.41 Å². The number of nitrogens with two attached hydrogens (primary N) is 1. The summed E-state index contributed by atoms with van der Waals surface area (Å²) >= 11 is 0. The first-order valence-electron chi connectivity index (χ1n) is 7.05. The van der Waals surface area contributed by atoms with Gasteiger partial charge in [0.1, 0.15) is 0 Å². The summed E-state index contributed by atoms with van der Waals surface area (Å²) in [7, 11) is 0. The van der Waals surface area contributed by atoms with Gasteiger partial charge in [-0.15, -0.1) is 0 Å². The molecule has 0 spiro atoms. The van der Waals surface area contributed by atoms with E-state index < -0.39 is 0 Å². The molecular weight excluding hydrogens is 260 g/mol. The number of nitrogens with one attached hydrogen (secondary N) is 1. The summed E-state index contributed by atoms with van der Waals surface area (Å²) in [6.45, 7) is 8.43. The number of anilines is 2. The SMILES string of the molecule is Cc1ccc(C(=O)Nc2ccc(C(C)(C)C)cc2)c(N)c1. The molecule has 0 unspecified atom stereocenters. The molecule has 0 saturated carbocycles. The first-order valence-corrected chi connectivity index (χ1v) is 7.05. The van der Waals surface area contributed by atoms with Gasteiger partial charge in [0.15, 0.2) is 0 Å². The van der Waals surface area contributed by atoms with Gasteiger partial charge in [-0.25, -0.2) is 0 Å². The van der Waals surface area contributed by atoms with Crippen LogP contribution in [0.1, 0.15) is 42.3 Å². The fraction of sp³-hybridized carbons (Fsp3) is 0.278. The van der Waals surface area contributed by atoms with Crippen LogP contribution in [0.4, 0.5) is 11.4 Å². The third kappa shape index (κ3) is 3.63. The van der Waals surface area contributed by atoms with Crippen molar-refractivity contribution in [3.63, 3.8) is 0 Å². The summed E-state index contributed by atoms with van der Waals surface area (Å²) in [4.78, 5) is 12.2. The van der Waals surface area contributed by atoms with E-state index in [-0.39, 0.29) is 11.3 Å². The summed E-state index contributed by atoms with van der Waals surface area (Å²) in [6, 6.07) is 13.4. The van der Waals surface area contributed by atoms with E-state index in [9.17, 15) is 4.79 Å². The van der Waals surface area contributed by atoms with E-state index in [0.29, 0.717) is 11.3 Å². The molecule has 2 aromatic rings. The highest BCUT2D eigenvalue weighted by molar-refractivity contribution is 6.07. The van der Waals surface area contributed by atoms with Crippen LogP contribution in [0.3, 0.4) is 0 Å². The molecule has 0 aliphatic rings. The monoisotopic (exact) mass is 282 g/mol. The van der Waals surface area contributed by atoms with Gasteiger partial charge in [-0.2, -0.15) is 0 Å². The zero-order valence-electron chi connectivity index (χ0n) is 13.0. The van der Waals surface area contributed by atoms with Crippen LogP contribution >= 0.6 is 0 Å². The van der Waals surface area contributed by atoms with Crippen LogP contribution in [0.25, 0.3) is 0 Å². The molecule has 0 saturated heterocycles. The minimum Gasteiger partial charge on any atom is -0.398 e. The molecule has 0 aromatic heterocycles.